The summed E-state index contributed by atoms with van der Waals surface area (Å²) in [7, 11) is 0. The molecule has 3 N–H and O–H groups in total. The number of carbonyl (C=O) groups excluding carboxylic acids is 2. The molecule has 0 fully saturated rings. The minimum Gasteiger partial charge on any atom is -0.482 e. The number of nitrogens with two attached hydrogens (primary N) is 1. The lowest BCUT2D eigenvalue weighted by molar-refractivity contribution is -0.118. The molecule has 0 atom stereocenters. The number of carbonyl (C=O) groups is 2. The van der Waals surface area contributed by atoms with Crippen molar-refractivity contribution in [3.63, 3.8) is 0 Å². The van der Waals surface area contributed by atoms with E-state index in [1.54, 1.807) is 36.4 Å². The number of primary amides is 1. The largest absolute Gasteiger partial charge is 0.482 e. The average Bonchev–Trinajstić information content (AvgIpc) is 2.53. The van der Waals surface area contributed by atoms with Gasteiger partial charge >= 0.3 is 0 Å². The molecule has 126 valence electrons. The Morgan fingerprint density at radius 1 is 1.25 bits per heavy atom. The van der Waals surface area contributed by atoms with Gasteiger partial charge in [0.25, 0.3) is 5.91 Å². The van der Waals surface area contributed by atoms with Crippen LogP contribution in [0.3, 0.4) is 0 Å². The van der Waals surface area contributed by atoms with E-state index in [9.17, 15) is 9.59 Å². The van der Waals surface area contributed by atoms with Gasteiger partial charge in [0.2, 0.25) is 5.91 Å². The van der Waals surface area contributed by atoms with Gasteiger partial charge in [0, 0.05) is 9.37 Å². The fourth-order valence-corrected chi connectivity index (χ4v) is 3.24. The normalized spacial score (nSPS) is 10.2. The minimum atomic E-state index is -0.422. The van der Waals surface area contributed by atoms with Crippen LogP contribution in [0.15, 0.2) is 51.8 Å². The van der Waals surface area contributed by atoms with E-state index in [0.29, 0.717) is 16.5 Å². The number of ether oxygens (including phenoxy) is 1. The van der Waals surface area contributed by atoms with Crippen LogP contribution in [0.1, 0.15) is 0 Å². The first kappa shape index (κ1) is 18.6. The molecule has 2 amide bonds. The van der Waals surface area contributed by atoms with Crippen LogP contribution in [0.5, 0.6) is 5.75 Å². The summed E-state index contributed by atoms with van der Waals surface area (Å²) in [6.07, 6.45) is 0. The summed E-state index contributed by atoms with van der Waals surface area (Å²) in [5.41, 5.74) is 5.74. The highest BCUT2D eigenvalue weighted by Gasteiger charge is 2.10. The first-order valence-corrected chi connectivity index (χ1v) is 8.99. The van der Waals surface area contributed by atoms with Gasteiger partial charge in [0.1, 0.15) is 5.75 Å². The van der Waals surface area contributed by atoms with Gasteiger partial charge in [-0.2, -0.15) is 0 Å². The van der Waals surface area contributed by atoms with E-state index < -0.39 is 5.91 Å². The second kappa shape index (κ2) is 8.96. The van der Waals surface area contributed by atoms with Crippen molar-refractivity contribution in [2.24, 2.45) is 5.73 Å². The van der Waals surface area contributed by atoms with Gasteiger partial charge in [-0.05, 0) is 30.3 Å². The van der Waals surface area contributed by atoms with Crippen LogP contribution in [-0.2, 0) is 9.59 Å². The van der Waals surface area contributed by atoms with Crippen LogP contribution in [0.4, 0.5) is 5.69 Å². The van der Waals surface area contributed by atoms with Crippen LogP contribution >= 0.6 is 39.3 Å². The molecule has 2 aromatic carbocycles. The van der Waals surface area contributed by atoms with Gasteiger partial charge in [-0.3, -0.25) is 9.59 Å². The molecular formula is C16H14BrClN2O3S. The monoisotopic (exact) mass is 428 g/mol. The number of para-hydroxylation sites is 1. The highest BCUT2D eigenvalue weighted by molar-refractivity contribution is 9.10. The molecule has 0 aliphatic rings. The number of halogens is 2. The van der Waals surface area contributed by atoms with Crippen LogP contribution in [0, 0.1) is 0 Å². The van der Waals surface area contributed by atoms with Crippen molar-refractivity contribution in [1.82, 2.24) is 0 Å². The van der Waals surface area contributed by atoms with Crippen molar-refractivity contribution in [2.45, 2.75) is 4.90 Å². The fraction of sp³-hybridized carbons (Fsp3) is 0.125. The van der Waals surface area contributed by atoms with Crippen LogP contribution in [0.25, 0.3) is 0 Å². The third-order valence-corrected chi connectivity index (χ3v) is 4.67. The number of amides is 2. The molecule has 0 radical (unpaired) electrons. The lowest BCUT2D eigenvalue weighted by atomic mass is 10.3. The molecule has 0 unspecified atom stereocenters. The lowest BCUT2D eigenvalue weighted by Gasteiger charge is -2.11. The van der Waals surface area contributed by atoms with Gasteiger partial charge in [0.05, 0.1) is 16.5 Å². The number of benzene rings is 2. The number of anilines is 1. The molecule has 2 rings (SSSR count). The minimum absolute atomic E-state index is 0.137. The Balaban J connectivity index is 1.96. The molecule has 24 heavy (non-hydrogen) atoms. The highest BCUT2D eigenvalue weighted by Crippen LogP contribution is 2.28. The zero-order valence-electron chi connectivity index (χ0n) is 12.4. The smallest absolute Gasteiger partial charge is 0.262 e. The van der Waals surface area contributed by atoms with Crippen molar-refractivity contribution >= 4 is 56.8 Å². The third kappa shape index (κ3) is 5.74. The van der Waals surface area contributed by atoms with Crippen LogP contribution in [0.2, 0.25) is 5.02 Å². The average molecular weight is 430 g/mol. The highest BCUT2D eigenvalue weighted by atomic mass is 79.9. The van der Waals surface area contributed by atoms with E-state index in [0.717, 1.165) is 9.37 Å². The molecular weight excluding hydrogens is 416 g/mol. The standard InChI is InChI=1S/C16H14BrClN2O3S/c17-10-5-6-13(11(18)7-10)23-8-16(22)20-12-3-1-2-4-14(12)24-9-15(19)21/h1-7H,8-9H2,(H2,19,21)(H,20,22). The second-order valence-electron chi connectivity index (χ2n) is 4.66. The fourth-order valence-electron chi connectivity index (χ4n) is 1.77. The number of hydrogen-bond donors (Lipinski definition) is 2. The molecule has 2 aromatic rings. The second-order valence-corrected chi connectivity index (χ2v) is 7.00. The quantitative estimate of drug-likeness (QED) is 0.658. The molecule has 0 bridgehead atoms. The zero-order chi connectivity index (χ0) is 17.5. The third-order valence-electron chi connectivity index (χ3n) is 2.78. The van der Waals surface area contributed by atoms with Gasteiger partial charge < -0.3 is 15.8 Å². The Morgan fingerprint density at radius 3 is 2.71 bits per heavy atom. The van der Waals surface area contributed by atoms with Crippen molar-refractivity contribution in [3.8, 4) is 5.75 Å². The summed E-state index contributed by atoms with van der Waals surface area (Å²) in [4.78, 5) is 23.7. The molecule has 0 saturated heterocycles. The summed E-state index contributed by atoms with van der Waals surface area (Å²) in [6, 6.07) is 12.3. The van der Waals surface area contributed by atoms with E-state index in [-0.39, 0.29) is 18.3 Å². The number of hydrogen-bond acceptors (Lipinski definition) is 4. The topological polar surface area (TPSA) is 81.4 Å². The number of thioether (sulfide) groups is 1. The van der Waals surface area contributed by atoms with E-state index in [1.165, 1.54) is 11.8 Å². The SMILES string of the molecule is NC(=O)CSc1ccccc1NC(=O)COc1ccc(Br)cc1Cl. The summed E-state index contributed by atoms with van der Waals surface area (Å²) >= 11 is 10.6. The molecule has 0 aliphatic carbocycles. The van der Waals surface area contributed by atoms with Crippen LogP contribution < -0.4 is 15.8 Å². The summed E-state index contributed by atoms with van der Waals surface area (Å²) in [5.74, 6) is -0.195. The van der Waals surface area contributed by atoms with Gasteiger partial charge in [-0.1, -0.05) is 39.7 Å². The summed E-state index contributed by atoms with van der Waals surface area (Å²) < 4.78 is 6.24. The van der Waals surface area contributed by atoms with Gasteiger partial charge in [-0.25, -0.2) is 0 Å². The Labute approximate surface area is 157 Å². The van der Waals surface area contributed by atoms with Crippen LogP contribution in [-0.4, -0.2) is 24.2 Å². The Hall–Kier alpha value is -1.70. The first-order chi connectivity index (χ1) is 11.5. The maximum absolute atomic E-state index is 12.1. The maximum Gasteiger partial charge on any atom is 0.262 e. The van der Waals surface area contributed by atoms with E-state index in [4.69, 9.17) is 22.1 Å². The van der Waals surface area contributed by atoms with E-state index in [2.05, 4.69) is 21.2 Å². The Morgan fingerprint density at radius 2 is 2.00 bits per heavy atom. The number of nitrogens with one attached hydrogen (secondary N) is 1. The number of rotatable bonds is 7. The zero-order valence-corrected chi connectivity index (χ0v) is 15.6. The van der Waals surface area contributed by atoms with Crippen molar-refractivity contribution in [1.29, 1.82) is 0 Å². The predicted molar refractivity (Wildman–Crippen MR) is 99.6 cm³/mol. The lowest BCUT2D eigenvalue weighted by Crippen LogP contribution is -2.20. The summed E-state index contributed by atoms with van der Waals surface area (Å²) in [6.45, 7) is -0.184. The predicted octanol–water partition coefficient (Wildman–Crippen LogP) is 3.70. The molecule has 0 saturated carbocycles. The van der Waals surface area contributed by atoms with Crippen molar-refractivity contribution < 1.29 is 14.3 Å². The molecule has 0 aliphatic heterocycles. The molecule has 0 aromatic heterocycles. The van der Waals surface area contributed by atoms with E-state index in [1.807, 2.05) is 6.07 Å². The summed E-state index contributed by atoms with van der Waals surface area (Å²) in [5, 5.41) is 3.16. The van der Waals surface area contributed by atoms with Gasteiger partial charge in [-0.15, -0.1) is 11.8 Å². The Kier molecular flexibility index (Phi) is 6.96. The van der Waals surface area contributed by atoms with Crippen molar-refractivity contribution in [2.75, 3.05) is 17.7 Å². The molecule has 5 nitrogen and oxygen atoms in total. The Bertz CT molecular complexity index is 758. The molecule has 0 heterocycles. The van der Waals surface area contributed by atoms with Gasteiger partial charge in [0.15, 0.2) is 6.61 Å². The maximum atomic E-state index is 12.1. The first-order valence-electron chi connectivity index (χ1n) is 6.83. The molecule has 0 spiro atoms. The molecule has 8 heteroatoms. The van der Waals surface area contributed by atoms with Crippen molar-refractivity contribution in [3.05, 3.63) is 52.0 Å². The van der Waals surface area contributed by atoms with E-state index >= 15 is 0 Å².